The Balaban J connectivity index is 1.06. The number of rotatable bonds is 6. The van der Waals surface area contributed by atoms with Gasteiger partial charge in [-0.25, -0.2) is 4.90 Å². The molecule has 4 aliphatic rings. The quantitative estimate of drug-likeness (QED) is 0.199. The van der Waals surface area contributed by atoms with Crippen molar-refractivity contribution in [3.05, 3.63) is 102 Å². The topological polar surface area (TPSA) is 109 Å². The summed E-state index contributed by atoms with van der Waals surface area (Å²) >= 11 is 14.5. The highest BCUT2D eigenvalue weighted by Crippen LogP contribution is 2.69. The maximum atomic E-state index is 14.0. The van der Waals surface area contributed by atoms with Crippen molar-refractivity contribution < 1.29 is 32.3 Å². The molecule has 3 heterocycles. The average molecular weight is 747 g/mol. The Kier molecular flexibility index (Phi) is 7.89. The number of thioether (sulfide) groups is 1. The summed E-state index contributed by atoms with van der Waals surface area (Å²) in [4.78, 5) is 57.2. The van der Waals surface area contributed by atoms with E-state index in [1.165, 1.54) is 36.0 Å². The summed E-state index contributed by atoms with van der Waals surface area (Å²) in [7, 11) is 0. The number of aromatic amines is 1. The van der Waals surface area contributed by atoms with Gasteiger partial charge in [-0.1, -0.05) is 58.8 Å². The van der Waals surface area contributed by atoms with Crippen molar-refractivity contribution in [2.75, 3.05) is 16.8 Å². The maximum Gasteiger partial charge on any atom is 0.418 e. The zero-order chi connectivity index (χ0) is 34.4. The molecule has 2 aliphatic carbocycles. The van der Waals surface area contributed by atoms with E-state index in [2.05, 4.69) is 10.3 Å². The normalized spacial score (nSPS) is 26.8. The number of amides is 3. The molecule has 252 valence electrons. The summed E-state index contributed by atoms with van der Waals surface area (Å²) in [5.41, 5.74) is -0.134. The molecule has 2 N–H and O–H groups in total. The summed E-state index contributed by atoms with van der Waals surface area (Å²) in [5, 5.41) is 3.93. The van der Waals surface area contributed by atoms with Gasteiger partial charge in [-0.3, -0.25) is 19.2 Å². The minimum Gasteiger partial charge on any atom is -0.484 e. The van der Waals surface area contributed by atoms with E-state index in [4.69, 9.17) is 27.9 Å². The Morgan fingerprint density at radius 2 is 1.67 bits per heavy atom. The molecule has 49 heavy (non-hydrogen) atoms. The van der Waals surface area contributed by atoms with E-state index in [0.29, 0.717) is 32.9 Å². The van der Waals surface area contributed by atoms with E-state index >= 15 is 0 Å². The van der Waals surface area contributed by atoms with Crippen LogP contribution < -0.4 is 19.8 Å². The van der Waals surface area contributed by atoms with Crippen molar-refractivity contribution in [2.45, 2.75) is 28.8 Å². The third-order valence-electron chi connectivity index (χ3n) is 9.99. The van der Waals surface area contributed by atoms with Crippen molar-refractivity contribution in [1.82, 2.24) is 4.98 Å². The number of para-hydroxylation sites is 1. The van der Waals surface area contributed by atoms with Crippen LogP contribution >= 0.6 is 46.3 Å². The SMILES string of the molecule is O=C(COc1ccc([C@H]2c3sc(=O)[nH]c3SC3C4CC(C5C(=O)N(c6ccccc6C(F)(F)F)C(=O)C45)C32)cc1)Nc1ccc(Cl)c(Cl)c1. The fourth-order valence-electron chi connectivity index (χ4n) is 8.23. The van der Waals surface area contributed by atoms with Gasteiger partial charge < -0.3 is 15.0 Å². The number of alkyl halides is 3. The number of H-pyrrole nitrogens is 1. The minimum absolute atomic E-state index is 0.135. The molecule has 0 spiro atoms. The van der Waals surface area contributed by atoms with Crippen LogP contribution in [0.15, 0.2) is 76.6 Å². The highest BCUT2D eigenvalue weighted by Gasteiger charge is 2.70. The number of anilines is 2. The van der Waals surface area contributed by atoms with Gasteiger partial charge in [0.25, 0.3) is 5.91 Å². The maximum absolute atomic E-state index is 14.0. The summed E-state index contributed by atoms with van der Waals surface area (Å²) in [6, 6.07) is 16.6. The molecule has 8 rings (SSSR count). The van der Waals surface area contributed by atoms with Crippen LogP contribution in [0.3, 0.4) is 0 Å². The number of carbonyl (C=O) groups excluding carboxylic acids is 3. The van der Waals surface area contributed by atoms with Gasteiger partial charge in [-0.05, 0) is 72.2 Å². The number of imide groups is 1. The first-order chi connectivity index (χ1) is 23.4. The van der Waals surface area contributed by atoms with Gasteiger partial charge in [0.2, 0.25) is 11.8 Å². The lowest BCUT2D eigenvalue weighted by molar-refractivity contribution is -0.137. The van der Waals surface area contributed by atoms with Crippen molar-refractivity contribution in [3.8, 4) is 5.75 Å². The molecule has 3 amide bonds. The van der Waals surface area contributed by atoms with E-state index in [1.54, 1.807) is 24.3 Å². The number of ether oxygens (including phenoxy) is 1. The smallest absolute Gasteiger partial charge is 0.418 e. The van der Waals surface area contributed by atoms with Gasteiger partial charge in [0.1, 0.15) is 5.75 Å². The van der Waals surface area contributed by atoms with Gasteiger partial charge in [-0.2, -0.15) is 13.2 Å². The van der Waals surface area contributed by atoms with Crippen LogP contribution in [0.4, 0.5) is 24.5 Å². The minimum atomic E-state index is -4.74. The summed E-state index contributed by atoms with van der Waals surface area (Å²) in [6.07, 6.45) is -4.15. The summed E-state index contributed by atoms with van der Waals surface area (Å²) in [6.45, 7) is -0.273. The fraction of sp³-hybridized carbons (Fsp3) is 0.294. The predicted molar refractivity (Wildman–Crippen MR) is 179 cm³/mol. The molecular formula is C34H24Cl2F3N3O5S2. The lowest BCUT2D eigenvalue weighted by atomic mass is 9.68. The second-order valence-corrected chi connectivity index (χ2v) is 15.5. The number of hydrogen-bond acceptors (Lipinski definition) is 7. The van der Waals surface area contributed by atoms with E-state index < -0.39 is 47.0 Å². The number of aromatic nitrogens is 1. The van der Waals surface area contributed by atoms with E-state index in [9.17, 15) is 32.3 Å². The van der Waals surface area contributed by atoms with Crippen molar-refractivity contribution in [2.24, 2.45) is 29.6 Å². The van der Waals surface area contributed by atoms with Gasteiger partial charge in [0.05, 0.1) is 38.2 Å². The third-order valence-corrected chi connectivity index (χ3v) is 13.3. The molecule has 3 fully saturated rings. The molecule has 2 bridgehead atoms. The molecule has 3 aromatic carbocycles. The number of halogens is 5. The molecule has 2 aliphatic heterocycles. The van der Waals surface area contributed by atoms with Crippen molar-refractivity contribution >= 4 is 75.4 Å². The zero-order valence-electron chi connectivity index (χ0n) is 25.0. The molecule has 4 aromatic rings. The molecule has 1 saturated heterocycles. The molecule has 1 aromatic heterocycles. The highest BCUT2D eigenvalue weighted by molar-refractivity contribution is 8.00. The van der Waals surface area contributed by atoms with Crippen LogP contribution in [-0.4, -0.2) is 34.6 Å². The Hall–Kier alpha value is -3.78. The number of benzene rings is 3. The van der Waals surface area contributed by atoms with Gasteiger partial charge in [0, 0.05) is 21.7 Å². The number of nitrogens with zero attached hydrogens (tertiary/aromatic N) is 1. The van der Waals surface area contributed by atoms with Gasteiger partial charge in [-0.15, -0.1) is 11.8 Å². The number of hydrogen-bond donors (Lipinski definition) is 2. The van der Waals surface area contributed by atoms with Gasteiger partial charge >= 0.3 is 11.0 Å². The Labute approximate surface area is 294 Å². The number of nitrogens with one attached hydrogen (secondary N) is 2. The Morgan fingerprint density at radius 1 is 0.959 bits per heavy atom. The molecule has 7 atom stereocenters. The van der Waals surface area contributed by atoms with E-state index in [1.807, 2.05) is 12.1 Å². The molecule has 15 heteroatoms. The molecular weight excluding hydrogens is 722 g/mol. The molecule has 2 saturated carbocycles. The van der Waals surface area contributed by atoms with E-state index in [-0.39, 0.29) is 40.4 Å². The van der Waals surface area contributed by atoms with Crippen LogP contribution in [0, 0.1) is 29.6 Å². The lowest BCUT2D eigenvalue weighted by Crippen LogP contribution is -2.42. The van der Waals surface area contributed by atoms with Gasteiger partial charge in [0.15, 0.2) is 6.61 Å². The first-order valence-corrected chi connectivity index (χ1v) is 17.8. The van der Waals surface area contributed by atoms with Crippen LogP contribution in [0.1, 0.15) is 28.3 Å². The molecule has 8 nitrogen and oxygen atoms in total. The third kappa shape index (κ3) is 5.36. The molecule has 6 unspecified atom stereocenters. The zero-order valence-corrected chi connectivity index (χ0v) is 28.1. The fourth-order valence-corrected chi connectivity index (χ4v) is 11.4. The van der Waals surface area contributed by atoms with Crippen molar-refractivity contribution in [3.63, 3.8) is 0 Å². The lowest BCUT2D eigenvalue weighted by Gasteiger charge is -2.43. The number of fused-ring (bicyclic) bond motifs is 9. The Bertz CT molecular complexity index is 2090. The number of thiazole rings is 1. The van der Waals surface area contributed by atoms with Crippen molar-refractivity contribution in [1.29, 1.82) is 0 Å². The molecule has 0 radical (unpaired) electrons. The second kappa shape index (κ2) is 11.9. The monoisotopic (exact) mass is 745 g/mol. The first kappa shape index (κ1) is 32.4. The van der Waals surface area contributed by atoms with Crippen LogP contribution in [-0.2, 0) is 20.6 Å². The number of carbonyl (C=O) groups is 3. The highest BCUT2D eigenvalue weighted by atomic mass is 35.5. The largest absolute Gasteiger partial charge is 0.484 e. The van der Waals surface area contributed by atoms with Crippen LogP contribution in [0.2, 0.25) is 10.0 Å². The van der Waals surface area contributed by atoms with Crippen LogP contribution in [0.5, 0.6) is 5.75 Å². The van der Waals surface area contributed by atoms with E-state index in [0.717, 1.165) is 32.7 Å². The first-order valence-electron chi connectivity index (χ1n) is 15.3. The predicted octanol–water partition coefficient (Wildman–Crippen LogP) is 7.46. The average Bonchev–Trinajstić information content (AvgIpc) is 3.80. The summed E-state index contributed by atoms with van der Waals surface area (Å²) in [5.74, 6) is -3.62. The summed E-state index contributed by atoms with van der Waals surface area (Å²) < 4.78 is 47.6. The standard InChI is InChI=1S/C34H24Cl2F3N3O5S2/c35-20-10-7-15(11-21(20)36)40-23(43)13-47-16-8-5-14(6-9-16)24-25-17-12-18(28(25)48-30-29(24)49-33(46)41-30)27-26(17)31(44)42(32(27)45)22-4-2-1-3-19(22)34(37,38)39/h1-11,17-18,24-28H,12-13H2,(H,40,43)(H,41,46)/t17?,18?,24-,25?,26?,27?,28?/m1/s1. The Morgan fingerprint density at radius 3 is 2.39 bits per heavy atom. The van der Waals surface area contributed by atoms with Crippen LogP contribution in [0.25, 0.3) is 0 Å². The second-order valence-electron chi connectivity index (χ2n) is 12.5.